The first kappa shape index (κ1) is 59.1. The molecule has 6 nitrogen and oxygen atoms in total. The van der Waals surface area contributed by atoms with Crippen LogP contribution < -0.4 is 0 Å². The maximum absolute atomic E-state index is 12.8. The van der Waals surface area contributed by atoms with Crippen molar-refractivity contribution in [1.82, 2.24) is 0 Å². The Balaban J connectivity index is 4.38. The van der Waals surface area contributed by atoms with E-state index < -0.39 is 6.10 Å². The first-order chi connectivity index (χ1) is 30.5. The second kappa shape index (κ2) is 50.8. The maximum atomic E-state index is 12.8. The molecule has 6 heteroatoms. The lowest BCUT2D eigenvalue weighted by molar-refractivity contribution is -0.167. The number of hydrogen-bond acceptors (Lipinski definition) is 6. The summed E-state index contributed by atoms with van der Waals surface area (Å²) in [6.07, 6.45) is 62.0. The van der Waals surface area contributed by atoms with E-state index in [4.69, 9.17) is 14.2 Å². The van der Waals surface area contributed by atoms with Gasteiger partial charge in [-0.1, -0.05) is 216 Å². The van der Waals surface area contributed by atoms with Crippen molar-refractivity contribution in [3.63, 3.8) is 0 Å². The van der Waals surface area contributed by atoms with Crippen LogP contribution >= 0.6 is 0 Å². The molecule has 0 aliphatic rings. The lowest BCUT2D eigenvalue weighted by Crippen LogP contribution is -2.30. The van der Waals surface area contributed by atoms with Crippen molar-refractivity contribution in [2.75, 3.05) is 13.2 Å². The van der Waals surface area contributed by atoms with Crippen LogP contribution in [0.4, 0.5) is 0 Å². The molecule has 0 spiro atoms. The molecule has 0 bridgehead atoms. The van der Waals surface area contributed by atoms with E-state index in [9.17, 15) is 14.4 Å². The third-order valence-electron chi connectivity index (χ3n) is 11.3. The third-order valence-corrected chi connectivity index (χ3v) is 11.3. The van der Waals surface area contributed by atoms with Gasteiger partial charge in [0.2, 0.25) is 0 Å². The molecular weight excluding hydrogens is 769 g/mol. The lowest BCUT2D eigenvalue weighted by atomic mass is 10.1. The third kappa shape index (κ3) is 48.1. The Bertz CT molecular complexity index is 1130. The van der Waals surface area contributed by atoms with E-state index in [1.54, 1.807) is 0 Å². The van der Waals surface area contributed by atoms with Gasteiger partial charge < -0.3 is 14.2 Å². The Kier molecular flexibility index (Phi) is 48.4. The van der Waals surface area contributed by atoms with E-state index in [1.165, 1.54) is 122 Å². The van der Waals surface area contributed by atoms with Crippen LogP contribution in [0.3, 0.4) is 0 Å². The van der Waals surface area contributed by atoms with Gasteiger partial charge in [-0.2, -0.15) is 0 Å². The topological polar surface area (TPSA) is 78.9 Å². The molecule has 358 valence electrons. The molecule has 0 aromatic heterocycles. The molecule has 0 N–H and O–H groups in total. The second-order valence-corrected chi connectivity index (χ2v) is 17.4. The van der Waals surface area contributed by atoms with Crippen molar-refractivity contribution in [3.05, 3.63) is 60.8 Å². The summed E-state index contributed by atoms with van der Waals surface area (Å²) in [4.78, 5) is 37.9. The van der Waals surface area contributed by atoms with Crippen molar-refractivity contribution < 1.29 is 28.6 Å². The molecule has 0 fully saturated rings. The van der Waals surface area contributed by atoms with Crippen LogP contribution in [0.1, 0.15) is 258 Å². The summed E-state index contributed by atoms with van der Waals surface area (Å²) in [7, 11) is 0. The van der Waals surface area contributed by atoms with E-state index >= 15 is 0 Å². The highest BCUT2D eigenvalue weighted by atomic mass is 16.6. The SMILES string of the molecule is CC/C=C\C/C=C\C/C=C\C/C=C\CCCCCCC(=O)OCC(COC(=O)CCCCCCCCCCCC)OC(=O)CCCCCCCCC/C=C\CCCCCCCC. The summed E-state index contributed by atoms with van der Waals surface area (Å²) in [6.45, 7) is 6.49. The Morgan fingerprint density at radius 1 is 0.339 bits per heavy atom. The quantitative estimate of drug-likeness (QED) is 0.0262. The molecule has 62 heavy (non-hydrogen) atoms. The van der Waals surface area contributed by atoms with Gasteiger partial charge in [-0.15, -0.1) is 0 Å². The predicted molar refractivity (Wildman–Crippen MR) is 265 cm³/mol. The first-order valence-electron chi connectivity index (χ1n) is 26.3. The summed E-state index contributed by atoms with van der Waals surface area (Å²) >= 11 is 0. The number of hydrogen-bond donors (Lipinski definition) is 0. The van der Waals surface area contributed by atoms with Crippen LogP contribution in [0.15, 0.2) is 60.8 Å². The highest BCUT2D eigenvalue weighted by Crippen LogP contribution is 2.15. The smallest absolute Gasteiger partial charge is 0.306 e. The molecule has 1 unspecified atom stereocenters. The molecule has 1 atom stereocenters. The molecule has 0 rings (SSSR count). The molecule has 0 saturated heterocycles. The van der Waals surface area contributed by atoms with E-state index in [0.717, 1.165) is 96.3 Å². The van der Waals surface area contributed by atoms with E-state index in [2.05, 4.69) is 81.5 Å². The van der Waals surface area contributed by atoms with Gasteiger partial charge in [-0.25, -0.2) is 0 Å². The average molecular weight is 867 g/mol. The van der Waals surface area contributed by atoms with Crippen LogP contribution in [0, 0.1) is 0 Å². The standard InChI is InChI=1S/C56H98O6/c1-4-7-10-13-16-19-22-24-26-28-30-32-34-37-40-43-46-49-55(58)61-52-53(51-60-54(57)48-45-42-39-36-21-18-15-12-9-6-3)62-56(59)50-47-44-41-38-35-33-31-29-27-25-23-20-17-14-11-8-5-2/h7,10,16,19,24-27,30,32,53H,4-6,8-9,11-15,17-18,20-23,28-29,31,33-52H2,1-3H3/b10-7-,19-16-,26-24-,27-25-,32-30-. The molecule has 0 aliphatic heterocycles. The number of rotatable bonds is 47. The molecule has 0 radical (unpaired) electrons. The van der Waals surface area contributed by atoms with E-state index in [1.807, 2.05) is 0 Å². The first-order valence-corrected chi connectivity index (χ1v) is 26.3. The lowest BCUT2D eigenvalue weighted by Gasteiger charge is -2.18. The minimum Gasteiger partial charge on any atom is -0.462 e. The Morgan fingerprint density at radius 2 is 0.629 bits per heavy atom. The van der Waals surface area contributed by atoms with Crippen LogP contribution in [0.2, 0.25) is 0 Å². The van der Waals surface area contributed by atoms with Crippen LogP contribution in [-0.2, 0) is 28.6 Å². The fraction of sp³-hybridized carbons (Fsp3) is 0.768. The molecule has 0 amide bonds. The van der Waals surface area contributed by atoms with Gasteiger partial charge >= 0.3 is 17.9 Å². The van der Waals surface area contributed by atoms with Gasteiger partial charge in [-0.3, -0.25) is 14.4 Å². The molecular formula is C56H98O6. The van der Waals surface area contributed by atoms with E-state index in [0.29, 0.717) is 19.3 Å². The zero-order chi connectivity index (χ0) is 45.1. The Labute approximate surface area is 383 Å². The molecule has 0 aromatic carbocycles. The summed E-state index contributed by atoms with van der Waals surface area (Å²) in [5, 5.41) is 0. The summed E-state index contributed by atoms with van der Waals surface area (Å²) in [6, 6.07) is 0. The van der Waals surface area contributed by atoms with Crippen LogP contribution in [-0.4, -0.2) is 37.2 Å². The number of carbonyl (C=O) groups is 3. The summed E-state index contributed by atoms with van der Waals surface area (Å²) < 4.78 is 16.8. The van der Waals surface area contributed by atoms with E-state index in [-0.39, 0.29) is 31.1 Å². The predicted octanol–water partition coefficient (Wildman–Crippen LogP) is 17.3. The normalized spacial score (nSPS) is 12.5. The summed E-state index contributed by atoms with van der Waals surface area (Å²) in [5.74, 6) is -0.907. The van der Waals surface area contributed by atoms with Crippen LogP contribution in [0.5, 0.6) is 0 Å². The summed E-state index contributed by atoms with van der Waals surface area (Å²) in [5.41, 5.74) is 0. The highest BCUT2D eigenvalue weighted by molar-refractivity contribution is 5.71. The zero-order valence-electron chi connectivity index (χ0n) is 40.9. The number of unbranched alkanes of at least 4 members (excludes halogenated alkanes) is 26. The fourth-order valence-corrected chi connectivity index (χ4v) is 7.31. The molecule has 0 aliphatic carbocycles. The zero-order valence-corrected chi connectivity index (χ0v) is 40.9. The molecule has 0 saturated carbocycles. The highest BCUT2D eigenvalue weighted by Gasteiger charge is 2.19. The van der Waals surface area contributed by atoms with Crippen molar-refractivity contribution in [1.29, 1.82) is 0 Å². The Hall–Kier alpha value is -2.89. The van der Waals surface area contributed by atoms with Crippen molar-refractivity contribution >= 4 is 17.9 Å². The second-order valence-electron chi connectivity index (χ2n) is 17.4. The van der Waals surface area contributed by atoms with Gasteiger partial charge in [0.05, 0.1) is 0 Å². The number of allylic oxidation sites excluding steroid dienone is 10. The van der Waals surface area contributed by atoms with Gasteiger partial charge in [0.1, 0.15) is 13.2 Å². The largest absolute Gasteiger partial charge is 0.462 e. The van der Waals surface area contributed by atoms with Crippen LogP contribution in [0.25, 0.3) is 0 Å². The van der Waals surface area contributed by atoms with Gasteiger partial charge in [0.25, 0.3) is 0 Å². The van der Waals surface area contributed by atoms with Crippen molar-refractivity contribution in [3.8, 4) is 0 Å². The van der Waals surface area contributed by atoms with Gasteiger partial charge in [0, 0.05) is 19.3 Å². The van der Waals surface area contributed by atoms with Crippen molar-refractivity contribution in [2.45, 2.75) is 264 Å². The maximum Gasteiger partial charge on any atom is 0.306 e. The monoisotopic (exact) mass is 867 g/mol. The average Bonchev–Trinajstić information content (AvgIpc) is 3.27. The van der Waals surface area contributed by atoms with Gasteiger partial charge in [-0.05, 0) is 83.5 Å². The van der Waals surface area contributed by atoms with Crippen molar-refractivity contribution in [2.24, 2.45) is 0 Å². The number of ether oxygens (including phenoxy) is 3. The molecule has 0 aromatic rings. The minimum atomic E-state index is -0.783. The number of esters is 3. The van der Waals surface area contributed by atoms with Gasteiger partial charge in [0.15, 0.2) is 6.10 Å². The molecule has 0 heterocycles. The fourth-order valence-electron chi connectivity index (χ4n) is 7.31. The minimum absolute atomic E-state index is 0.0822. The number of carbonyl (C=O) groups excluding carboxylic acids is 3. The Morgan fingerprint density at radius 3 is 1.00 bits per heavy atom.